The molecule has 4 heteroatoms. The highest BCUT2D eigenvalue weighted by Crippen LogP contribution is 2.14. The summed E-state index contributed by atoms with van der Waals surface area (Å²) in [4.78, 5) is 4.58. The van der Waals surface area contributed by atoms with Crippen LogP contribution in [-0.2, 0) is 4.74 Å². The standard InChI is InChI=1S/C11H15BrN2O/c1-13-3-2-10(12)8-11(9-13)14-4-6-15-7-5-14/h8,10H,4-7,9H2,1H3. The number of morpholine rings is 1. The van der Waals surface area contributed by atoms with Crippen LogP contribution < -0.4 is 0 Å². The van der Waals surface area contributed by atoms with Crippen molar-refractivity contribution in [1.29, 1.82) is 0 Å². The molecule has 0 saturated carbocycles. The zero-order valence-corrected chi connectivity index (χ0v) is 10.5. The van der Waals surface area contributed by atoms with Crippen molar-refractivity contribution in [3.63, 3.8) is 0 Å². The van der Waals surface area contributed by atoms with Crippen LogP contribution in [0.3, 0.4) is 0 Å². The molecule has 2 aliphatic heterocycles. The summed E-state index contributed by atoms with van der Waals surface area (Å²) in [6.07, 6.45) is 2.20. The van der Waals surface area contributed by atoms with Crippen LogP contribution in [-0.4, -0.2) is 54.5 Å². The Morgan fingerprint density at radius 3 is 2.93 bits per heavy atom. The Morgan fingerprint density at radius 2 is 2.20 bits per heavy atom. The molecule has 0 aromatic heterocycles. The highest BCUT2D eigenvalue weighted by Gasteiger charge is 2.16. The van der Waals surface area contributed by atoms with E-state index in [0.717, 1.165) is 32.8 Å². The molecule has 0 aromatic carbocycles. The maximum atomic E-state index is 5.35. The van der Waals surface area contributed by atoms with Crippen molar-refractivity contribution < 1.29 is 4.74 Å². The van der Waals surface area contributed by atoms with Gasteiger partial charge in [0, 0.05) is 31.9 Å². The molecule has 2 aliphatic rings. The van der Waals surface area contributed by atoms with Gasteiger partial charge in [0.25, 0.3) is 0 Å². The van der Waals surface area contributed by atoms with Gasteiger partial charge < -0.3 is 14.5 Å². The number of likely N-dealkylation sites (N-methyl/N-ethyl adjacent to an activating group) is 1. The van der Waals surface area contributed by atoms with Crippen LogP contribution in [0.25, 0.3) is 0 Å². The fraction of sp³-hybridized carbons (Fsp3) is 0.636. The lowest BCUT2D eigenvalue weighted by molar-refractivity contribution is 0.0513. The maximum absolute atomic E-state index is 5.35. The van der Waals surface area contributed by atoms with Crippen molar-refractivity contribution >= 4 is 15.9 Å². The fourth-order valence-corrected chi connectivity index (χ4v) is 2.18. The van der Waals surface area contributed by atoms with Gasteiger partial charge in [-0.25, -0.2) is 0 Å². The Bertz CT molecular complexity index is 312. The summed E-state index contributed by atoms with van der Waals surface area (Å²) >= 11 is 3.54. The summed E-state index contributed by atoms with van der Waals surface area (Å²) in [6, 6.07) is 3.09. The van der Waals surface area contributed by atoms with Gasteiger partial charge in [-0.3, -0.25) is 0 Å². The second-order valence-electron chi connectivity index (χ2n) is 3.77. The highest BCUT2D eigenvalue weighted by molar-refractivity contribution is 9.09. The SMILES string of the molecule is CN1C#CC(Br)C=C(N2CCOCC2)C1. The summed E-state index contributed by atoms with van der Waals surface area (Å²) in [5.74, 6) is 3.12. The van der Waals surface area contributed by atoms with E-state index in [1.165, 1.54) is 5.70 Å². The van der Waals surface area contributed by atoms with Gasteiger partial charge >= 0.3 is 0 Å². The minimum absolute atomic E-state index is 0.167. The predicted molar refractivity (Wildman–Crippen MR) is 63.6 cm³/mol. The lowest BCUT2D eigenvalue weighted by Crippen LogP contribution is -2.38. The van der Waals surface area contributed by atoms with E-state index in [2.05, 4.69) is 38.9 Å². The first-order valence-corrected chi connectivity index (χ1v) is 6.07. The van der Waals surface area contributed by atoms with E-state index in [1.54, 1.807) is 0 Å². The van der Waals surface area contributed by atoms with Gasteiger partial charge in [-0.2, -0.15) is 0 Å². The minimum atomic E-state index is 0.167. The highest BCUT2D eigenvalue weighted by atomic mass is 79.9. The number of allylic oxidation sites excluding steroid dienone is 1. The van der Waals surface area contributed by atoms with E-state index < -0.39 is 0 Å². The summed E-state index contributed by atoms with van der Waals surface area (Å²) in [5, 5.41) is 0. The molecule has 82 valence electrons. The average molecular weight is 271 g/mol. The van der Waals surface area contributed by atoms with Gasteiger partial charge in [0.15, 0.2) is 0 Å². The Balaban J connectivity index is 2.08. The topological polar surface area (TPSA) is 15.7 Å². The van der Waals surface area contributed by atoms with Crippen LogP contribution in [0.1, 0.15) is 0 Å². The molecule has 2 heterocycles. The van der Waals surface area contributed by atoms with Crippen LogP contribution in [0.4, 0.5) is 0 Å². The lowest BCUT2D eigenvalue weighted by Gasteiger charge is -2.32. The Morgan fingerprint density at radius 1 is 1.47 bits per heavy atom. The monoisotopic (exact) mass is 270 g/mol. The third-order valence-corrected chi connectivity index (χ3v) is 3.04. The minimum Gasteiger partial charge on any atom is -0.378 e. The molecule has 0 aromatic rings. The molecule has 1 unspecified atom stereocenters. The molecule has 0 spiro atoms. The van der Waals surface area contributed by atoms with E-state index in [1.807, 2.05) is 11.9 Å². The summed E-state index contributed by atoms with van der Waals surface area (Å²) < 4.78 is 5.35. The van der Waals surface area contributed by atoms with Gasteiger partial charge in [0.2, 0.25) is 0 Å². The van der Waals surface area contributed by atoms with Crippen molar-refractivity contribution in [2.24, 2.45) is 0 Å². The Kier molecular flexibility index (Phi) is 3.55. The molecule has 3 nitrogen and oxygen atoms in total. The van der Waals surface area contributed by atoms with E-state index in [-0.39, 0.29) is 4.83 Å². The molecule has 15 heavy (non-hydrogen) atoms. The van der Waals surface area contributed by atoms with Crippen molar-refractivity contribution in [2.75, 3.05) is 39.9 Å². The first-order chi connectivity index (χ1) is 7.25. The first kappa shape index (κ1) is 10.8. The van der Waals surface area contributed by atoms with Gasteiger partial charge in [-0.1, -0.05) is 21.9 Å². The van der Waals surface area contributed by atoms with Crippen LogP contribution >= 0.6 is 15.9 Å². The molecule has 0 amide bonds. The van der Waals surface area contributed by atoms with Crippen molar-refractivity contribution in [3.8, 4) is 12.0 Å². The third kappa shape index (κ3) is 2.90. The van der Waals surface area contributed by atoms with Crippen LogP contribution in [0.15, 0.2) is 11.8 Å². The predicted octanol–water partition coefficient (Wildman–Crippen LogP) is 0.872. The number of ether oxygens (including phenoxy) is 1. The molecule has 1 saturated heterocycles. The van der Waals surface area contributed by atoms with Crippen molar-refractivity contribution in [3.05, 3.63) is 11.8 Å². The molecule has 0 aliphatic carbocycles. The van der Waals surface area contributed by atoms with E-state index >= 15 is 0 Å². The van der Waals surface area contributed by atoms with Crippen LogP contribution in [0, 0.1) is 12.0 Å². The van der Waals surface area contributed by atoms with E-state index in [4.69, 9.17) is 4.74 Å². The number of nitrogens with zero attached hydrogens (tertiary/aromatic N) is 2. The molecule has 1 fully saturated rings. The number of rotatable bonds is 1. The normalized spacial score (nSPS) is 26.5. The van der Waals surface area contributed by atoms with E-state index in [0.29, 0.717) is 0 Å². The first-order valence-electron chi connectivity index (χ1n) is 5.15. The lowest BCUT2D eigenvalue weighted by atomic mass is 10.2. The quantitative estimate of drug-likeness (QED) is 0.520. The average Bonchev–Trinajstić information content (AvgIpc) is 2.42. The van der Waals surface area contributed by atoms with Crippen molar-refractivity contribution in [1.82, 2.24) is 9.80 Å². The third-order valence-electron chi connectivity index (χ3n) is 2.55. The smallest absolute Gasteiger partial charge is 0.0973 e. The molecule has 0 bridgehead atoms. The fourth-order valence-electron chi connectivity index (χ4n) is 1.77. The number of halogens is 1. The number of alkyl halides is 1. The van der Waals surface area contributed by atoms with Crippen LogP contribution in [0.5, 0.6) is 0 Å². The molecule has 1 atom stereocenters. The van der Waals surface area contributed by atoms with Crippen LogP contribution in [0.2, 0.25) is 0 Å². The van der Waals surface area contributed by atoms with Gasteiger partial charge in [-0.15, -0.1) is 0 Å². The summed E-state index contributed by atoms with van der Waals surface area (Å²) in [5.41, 5.74) is 1.33. The number of hydrogen-bond donors (Lipinski definition) is 0. The Hall–Kier alpha value is -0.660. The maximum Gasteiger partial charge on any atom is 0.0973 e. The van der Waals surface area contributed by atoms with Gasteiger partial charge in [0.05, 0.1) is 24.6 Å². The molecule has 2 rings (SSSR count). The molecular formula is C11H15BrN2O. The largest absolute Gasteiger partial charge is 0.378 e. The molecule has 0 N–H and O–H groups in total. The second kappa shape index (κ2) is 4.91. The number of hydrogen-bond acceptors (Lipinski definition) is 3. The van der Waals surface area contributed by atoms with Crippen molar-refractivity contribution in [2.45, 2.75) is 4.83 Å². The van der Waals surface area contributed by atoms with E-state index in [9.17, 15) is 0 Å². The Labute approximate surface area is 99.2 Å². The zero-order valence-electron chi connectivity index (χ0n) is 8.87. The zero-order chi connectivity index (χ0) is 10.7. The molecule has 0 radical (unpaired) electrons. The summed E-state index contributed by atoms with van der Waals surface area (Å²) in [6.45, 7) is 4.53. The molecular weight excluding hydrogens is 256 g/mol. The summed E-state index contributed by atoms with van der Waals surface area (Å²) in [7, 11) is 2.02. The van der Waals surface area contributed by atoms with Gasteiger partial charge in [0.1, 0.15) is 0 Å². The van der Waals surface area contributed by atoms with Gasteiger partial charge in [-0.05, 0) is 6.08 Å². The second-order valence-corrected chi connectivity index (χ2v) is 4.76.